The van der Waals surface area contributed by atoms with E-state index in [4.69, 9.17) is 16.6 Å². The number of nitrogens with zero attached hydrogens (tertiary/aromatic N) is 1. The number of amides is 1. The van der Waals surface area contributed by atoms with Crippen LogP contribution in [0.2, 0.25) is 0 Å². The molecule has 0 fully saturated rings. The number of carbonyl (C=O) groups is 2. The van der Waals surface area contributed by atoms with Crippen LogP contribution in [-0.2, 0) is 4.79 Å². The fourth-order valence-corrected chi connectivity index (χ4v) is 2.81. The third-order valence-electron chi connectivity index (χ3n) is 4.44. The largest absolute Gasteiger partial charge is 0.363 e. The summed E-state index contributed by atoms with van der Waals surface area (Å²) < 4.78 is 14.6. The Morgan fingerprint density at radius 1 is 1.03 bits per heavy atom. The minimum absolute atomic E-state index is 0.205. The first-order valence-corrected chi connectivity index (χ1v) is 9.48. The highest BCUT2D eigenvalue weighted by Crippen LogP contribution is 2.25. The smallest absolute Gasteiger partial charge is 0.257 e. The first-order valence-electron chi connectivity index (χ1n) is 9.48. The molecule has 0 aliphatic rings. The number of benzene rings is 3. The maximum absolute atomic E-state index is 14.6. The van der Waals surface area contributed by atoms with E-state index in [0.29, 0.717) is 22.5 Å². The second kappa shape index (κ2) is 11.1. The molecule has 1 amide bonds. The molecule has 162 valence electrons. The van der Waals surface area contributed by atoms with Crippen LogP contribution in [0.15, 0.2) is 66.7 Å². The van der Waals surface area contributed by atoms with Crippen molar-refractivity contribution in [3.8, 4) is 12.3 Å². The number of nitrogens with one attached hydrogen (secondary N) is 3. The van der Waals surface area contributed by atoms with Gasteiger partial charge in [0.15, 0.2) is 0 Å². The molecule has 3 aromatic rings. The summed E-state index contributed by atoms with van der Waals surface area (Å²) in [5.74, 6) is 1.88. The van der Waals surface area contributed by atoms with Crippen molar-refractivity contribution in [3.05, 3.63) is 89.2 Å². The number of amidine groups is 1. The summed E-state index contributed by atoms with van der Waals surface area (Å²) in [4.78, 5) is 22.4. The fourth-order valence-electron chi connectivity index (χ4n) is 2.81. The maximum Gasteiger partial charge on any atom is 0.257 e. The van der Waals surface area contributed by atoms with E-state index in [0.717, 1.165) is 5.56 Å². The number of anilines is 3. The molecule has 6 nitrogen and oxygen atoms in total. The number of rotatable bonds is 5. The molecular weight excluding hydrogens is 407 g/mol. The van der Waals surface area contributed by atoms with Crippen molar-refractivity contribution in [3.63, 3.8) is 0 Å². The average molecular weight is 430 g/mol. The summed E-state index contributed by atoms with van der Waals surface area (Å²) in [7, 11) is 3.45. The predicted molar refractivity (Wildman–Crippen MR) is 126 cm³/mol. The van der Waals surface area contributed by atoms with Crippen molar-refractivity contribution >= 4 is 35.6 Å². The van der Waals surface area contributed by atoms with Crippen LogP contribution in [0.5, 0.6) is 0 Å². The van der Waals surface area contributed by atoms with Crippen molar-refractivity contribution in [2.45, 2.75) is 0 Å². The molecular formula is C25H23FN4O2. The molecule has 32 heavy (non-hydrogen) atoms. The van der Waals surface area contributed by atoms with Crippen LogP contribution in [0, 0.1) is 23.6 Å². The minimum atomic E-state index is -0.515. The number of terminal acetylenes is 1. The predicted octanol–water partition coefficient (Wildman–Crippen LogP) is 4.50. The minimum Gasteiger partial charge on any atom is -0.363 e. The van der Waals surface area contributed by atoms with Gasteiger partial charge < -0.3 is 20.3 Å². The molecule has 0 spiro atoms. The SMILES string of the molecule is C#Cc1ccc(NC(=O)c2ccccc2Nc2ccc(C(=N)N(C)C)cc2F)cc1.C=O. The summed E-state index contributed by atoms with van der Waals surface area (Å²) >= 11 is 0. The summed E-state index contributed by atoms with van der Waals surface area (Å²) in [6, 6.07) is 18.3. The number of hydrogen-bond donors (Lipinski definition) is 3. The van der Waals surface area contributed by atoms with Crippen LogP contribution in [-0.4, -0.2) is 37.5 Å². The molecule has 3 aromatic carbocycles. The molecule has 0 radical (unpaired) electrons. The van der Waals surface area contributed by atoms with E-state index >= 15 is 0 Å². The molecule has 0 bridgehead atoms. The van der Waals surface area contributed by atoms with Crippen LogP contribution < -0.4 is 10.6 Å². The Morgan fingerprint density at radius 3 is 2.28 bits per heavy atom. The Labute approximate surface area is 186 Å². The van der Waals surface area contributed by atoms with Gasteiger partial charge in [0.2, 0.25) is 0 Å². The first-order chi connectivity index (χ1) is 15.4. The number of halogens is 1. The second-order valence-electron chi connectivity index (χ2n) is 6.78. The van der Waals surface area contributed by atoms with Crippen molar-refractivity contribution < 1.29 is 14.0 Å². The van der Waals surface area contributed by atoms with Crippen molar-refractivity contribution in [1.82, 2.24) is 4.90 Å². The number of carbonyl (C=O) groups excluding carboxylic acids is 2. The van der Waals surface area contributed by atoms with Crippen LogP contribution >= 0.6 is 0 Å². The summed E-state index contributed by atoms with van der Waals surface area (Å²) in [5.41, 5.74) is 2.82. The zero-order chi connectivity index (χ0) is 23.7. The summed E-state index contributed by atoms with van der Waals surface area (Å²) in [6.07, 6.45) is 5.35. The zero-order valence-corrected chi connectivity index (χ0v) is 17.8. The van der Waals surface area contributed by atoms with Gasteiger partial charge in [-0.25, -0.2) is 4.39 Å². The molecule has 3 N–H and O–H groups in total. The van der Waals surface area contributed by atoms with E-state index in [1.54, 1.807) is 79.7 Å². The Kier molecular flexibility index (Phi) is 8.26. The standard InChI is InChI=1S/C24H21FN4O.CH2O/c1-4-16-9-12-18(13-10-16)27-24(30)19-7-5-6-8-21(19)28-22-14-11-17(15-20(22)25)23(26)29(2)3;1-2/h1,5-15,26,28H,2-3H3,(H,27,30);1H2. The van der Waals surface area contributed by atoms with Crippen molar-refractivity contribution in [1.29, 1.82) is 5.41 Å². The van der Waals surface area contributed by atoms with Gasteiger partial charge in [0, 0.05) is 30.9 Å². The molecule has 3 rings (SSSR count). The topological polar surface area (TPSA) is 85.3 Å². The molecule has 0 aliphatic carbocycles. The number of para-hydroxylation sites is 1. The van der Waals surface area contributed by atoms with Gasteiger partial charge in [0.1, 0.15) is 18.4 Å². The summed E-state index contributed by atoms with van der Waals surface area (Å²) in [6.45, 7) is 2.00. The molecule has 0 aromatic heterocycles. The quantitative estimate of drug-likeness (QED) is 0.316. The Bertz CT molecular complexity index is 1150. The lowest BCUT2D eigenvalue weighted by Crippen LogP contribution is -2.21. The van der Waals surface area contributed by atoms with Gasteiger partial charge in [0.05, 0.1) is 16.9 Å². The van der Waals surface area contributed by atoms with Crippen LogP contribution in [0.25, 0.3) is 0 Å². The van der Waals surface area contributed by atoms with Gasteiger partial charge in [-0.15, -0.1) is 6.42 Å². The van der Waals surface area contributed by atoms with Gasteiger partial charge in [-0.2, -0.15) is 0 Å². The highest BCUT2D eigenvalue weighted by molar-refractivity contribution is 6.08. The molecule has 0 saturated carbocycles. The monoisotopic (exact) mass is 430 g/mol. The van der Waals surface area contributed by atoms with Crippen molar-refractivity contribution in [2.24, 2.45) is 0 Å². The Balaban J connectivity index is 0.00000176. The van der Waals surface area contributed by atoms with Gasteiger partial charge in [-0.1, -0.05) is 18.1 Å². The van der Waals surface area contributed by atoms with Crippen LogP contribution in [0.1, 0.15) is 21.5 Å². The van der Waals surface area contributed by atoms with Crippen LogP contribution in [0.3, 0.4) is 0 Å². The van der Waals surface area contributed by atoms with Gasteiger partial charge in [0.25, 0.3) is 5.91 Å². The van der Waals surface area contributed by atoms with Gasteiger partial charge >= 0.3 is 0 Å². The summed E-state index contributed by atoms with van der Waals surface area (Å²) in [5, 5.41) is 13.8. The highest BCUT2D eigenvalue weighted by atomic mass is 19.1. The normalized spacial score (nSPS) is 9.56. The van der Waals surface area contributed by atoms with Crippen LogP contribution in [0.4, 0.5) is 21.5 Å². The molecule has 7 heteroatoms. The Morgan fingerprint density at radius 2 is 1.69 bits per heavy atom. The third-order valence-corrected chi connectivity index (χ3v) is 4.44. The van der Waals surface area contributed by atoms with E-state index < -0.39 is 5.82 Å². The highest BCUT2D eigenvalue weighted by Gasteiger charge is 2.14. The van der Waals surface area contributed by atoms with E-state index in [1.807, 2.05) is 6.79 Å². The average Bonchev–Trinajstić information content (AvgIpc) is 2.82. The van der Waals surface area contributed by atoms with Gasteiger partial charge in [-0.05, 0) is 54.6 Å². The van der Waals surface area contributed by atoms with E-state index in [2.05, 4.69) is 16.6 Å². The van der Waals surface area contributed by atoms with E-state index in [-0.39, 0.29) is 17.4 Å². The lowest BCUT2D eigenvalue weighted by Gasteiger charge is -2.16. The lowest BCUT2D eigenvalue weighted by molar-refractivity contribution is -0.0980. The maximum atomic E-state index is 14.6. The zero-order valence-electron chi connectivity index (χ0n) is 17.8. The number of hydrogen-bond acceptors (Lipinski definition) is 4. The van der Waals surface area contributed by atoms with Gasteiger partial charge in [-0.3, -0.25) is 10.2 Å². The first kappa shape index (κ1) is 23.8. The third kappa shape index (κ3) is 5.80. The van der Waals surface area contributed by atoms with E-state index in [1.165, 1.54) is 6.07 Å². The fraction of sp³-hybridized carbons (Fsp3) is 0.0800. The lowest BCUT2D eigenvalue weighted by atomic mass is 10.1. The van der Waals surface area contributed by atoms with Crippen molar-refractivity contribution in [2.75, 3.05) is 24.7 Å². The Hall–Kier alpha value is -4.44. The molecule has 0 saturated heterocycles. The molecule has 0 heterocycles. The second-order valence-corrected chi connectivity index (χ2v) is 6.78. The molecule has 0 unspecified atom stereocenters. The molecule has 0 aliphatic heterocycles. The van der Waals surface area contributed by atoms with E-state index in [9.17, 15) is 9.18 Å². The molecule has 0 atom stereocenters.